The maximum atomic E-state index is 5.72. The zero-order valence-corrected chi connectivity index (χ0v) is 12.2. The molecule has 6 nitrogen and oxygen atoms in total. The topological polar surface area (TPSA) is 82.3 Å². The molecule has 1 aromatic carbocycles. The van der Waals surface area contributed by atoms with Gasteiger partial charge in [0.2, 0.25) is 0 Å². The number of halogens is 1. The van der Waals surface area contributed by atoms with Crippen LogP contribution in [0.4, 0.5) is 17.3 Å². The highest BCUT2D eigenvalue weighted by Gasteiger charge is 2.12. The van der Waals surface area contributed by atoms with Gasteiger partial charge in [0.1, 0.15) is 22.4 Å². The molecule has 3 rings (SSSR count). The Labute approximate surface area is 124 Å². The Morgan fingerprint density at radius 1 is 1.15 bits per heavy atom. The summed E-state index contributed by atoms with van der Waals surface area (Å²) in [6.07, 6.45) is 2.29. The average Bonchev–Trinajstić information content (AvgIpc) is 2.69. The summed E-state index contributed by atoms with van der Waals surface area (Å²) in [6, 6.07) is 5.66. The van der Waals surface area contributed by atoms with Crippen LogP contribution in [0.3, 0.4) is 0 Å². The molecule has 2 heterocycles. The Morgan fingerprint density at radius 2 is 1.95 bits per heavy atom. The lowest BCUT2D eigenvalue weighted by Crippen LogP contribution is -2.00. The zero-order chi connectivity index (χ0) is 13.9. The van der Waals surface area contributed by atoms with Crippen molar-refractivity contribution < 1.29 is 9.47 Å². The molecule has 0 fully saturated rings. The molecule has 0 bridgehead atoms. The van der Waals surface area contributed by atoms with Gasteiger partial charge in [-0.25, -0.2) is 9.97 Å². The van der Waals surface area contributed by atoms with Crippen LogP contribution < -0.4 is 20.5 Å². The molecule has 1 aromatic heterocycles. The van der Waals surface area contributed by atoms with Crippen molar-refractivity contribution in [2.75, 3.05) is 24.3 Å². The van der Waals surface area contributed by atoms with Gasteiger partial charge in [-0.15, -0.1) is 0 Å². The molecule has 3 N–H and O–H groups in total. The van der Waals surface area contributed by atoms with Crippen molar-refractivity contribution in [3.8, 4) is 11.5 Å². The maximum Gasteiger partial charge on any atom is 0.163 e. The number of ether oxygens (including phenoxy) is 2. The molecule has 0 saturated carbocycles. The second-order valence-corrected chi connectivity index (χ2v) is 5.05. The molecule has 1 aliphatic rings. The monoisotopic (exact) mass is 336 g/mol. The highest BCUT2D eigenvalue weighted by atomic mass is 79.9. The first-order valence-corrected chi connectivity index (χ1v) is 6.96. The number of aromatic nitrogens is 2. The van der Waals surface area contributed by atoms with Gasteiger partial charge >= 0.3 is 0 Å². The van der Waals surface area contributed by atoms with Crippen LogP contribution in [0.5, 0.6) is 11.5 Å². The van der Waals surface area contributed by atoms with Crippen LogP contribution in [0.25, 0.3) is 0 Å². The van der Waals surface area contributed by atoms with Gasteiger partial charge in [0, 0.05) is 18.2 Å². The Hall–Kier alpha value is -2.02. The van der Waals surface area contributed by atoms with E-state index < -0.39 is 0 Å². The molecular weight excluding hydrogens is 324 g/mol. The number of hydrogen-bond donors (Lipinski definition) is 2. The van der Waals surface area contributed by atoms with E-state index in [0.29, 0.717) is 29.3 Å². The summed E-state index contributed by atoms with van der Waals surface area (Å²) < 4.78 is 11.9. The Morgan fingerprint density at radius 3 is 2.80 bits per heavy atom. The molecule has 0 atom stereocenters. The van der Waals surface area contributed by atoms with Crippen LogP contribution in [-0.2, 0) is 0 Å². The van der Waals surface area contributed by atoms with Gasteiger partial charge in [0.15, 0.2) is 11.5 Å². The number of hydrogen-bond acceptors (Lipinski definition) is 6. The third-order valence-electron chi connectivity index (χ3n) is 2.83. The van der Waals surface area contributed by atoms with E-state index in [1.807, 2.05) is 18.2 Å². The molecule has 0 radical (unpaired) electrons. The normalized spacial score (nSPS) is 13.7. The first kappa shape index (κ1) is 13.0. The Bertz CT molecular complexity index is 636. The minimum absolute atomic E-state index is 0.386. The van der Waals surface area contributed by atoms with Crippen LogP contribution in [-0.4, -0.2) is 23.2 Å². The number of benzene rings is 1. The van der Waals surface area contributed by atoms with Crippen LogP contribution in [0, 0.1) is 0 Å². The molecule has 0 unspecified atom stereocenters. The van der Waals surface area contributed by atoms with E-state index in [1.165, 1.54) is 6.33 Å². The number of fused-ring (bicyclic) bond motifs is 1. The Balaban J connectivity index is 1.88. The highest BCUT2D eigenvalue weighted by molar-refractivity contribution is 9.10. The van der Waals surface area contributed by atoms with Gasteiger partial charge < -0.3 is 20.5 Å². The van der Waals surface area contributed by atoms with E-state index in [1.54, 1.807) is 0 Å². The largest absolute Gasteiger partial charge is 0.490 e. The Kier molecular flexibility index (Phi) is 3.60. The van der Waals surface area contributed by atoms with Crippen molar-refractivity contribution >= 4 is 33.3 Å². The van der Waals surface area contributed by atoms with E-state index in [0.717, 1.165) is 23.6 Å². The van der Waals surface area contributed by atoms with Crippen molar-refractivity contribution in [2.24, 2.45) is 0 Å². The number of nitrogens with one attached hydrogen (secondary N) is 1. The van der Waals surface area contributed by atoms with E-state index in [-0.39, 0.29) is 0 Å². The maximum absolute atomic E-state index is 5.72. The lowest BCUT2D eigenvalue weighted by atomic mass is 10.2. The summed E-state index contributed by atoms with van der Waals surface area (Å²) in [5, 5.41) is 3.17. The third kappa shape index (κ3) is 2.62. The molecule has 0 saturated heterocycles. The number of nitrogens with zero attached hydrogens (tertiary/aromatic N) is 2. The van der Waals surface area contributed by atoms with Gasteiger partial charge in [0.05, 0.1) is 13.2 Å². The third-order valence-corrected chi connectivity index (χ3v) is 3.61. The second kappa shape index (κ2) is 5.54. The summed E-state index contributed by atoms with van der Waals surface area (Å²) in [5.41, 5.74) is 6.56. The molecule has 2 aromatic rings. The summed E-state index contributed by atoms with van der Waals surface area (Å²) in [4.78, 5) is 8.04. The zero-order valence-electron chi connectivity index (χ0n) is 10.6. The fourth-order valence-corrected chi connectivity index (χ4v) is 2.15. The van der Waals surface area contributed by atoms with Crippen LogP contribution in [0.2, 0.25) is 0 Å². The van der Waals surface area contributed by atoms with Gasteiger partial charge in [-0.2, -0.15) is 0 Å². The van der Waals surface area contributed by atoms with Gasteiger partial charge in [-0.3, -0.25) is 0 Å². The first-order valence-electron chi connectivity index (χ1n) is 6.16. The smallest absolute Gasteiger partial charge is 0.163 e. The standard InChI is InChI=1S/C13H13BrN4O2/c14-11-12(15)16-7-17-13(11)18-8-2-3-9-10(6-8)20-5-1-4-19-9/h2-3,6-7H,1,4-5H2,(H3,15,16,17,18). The second-order valence-electron chi connectivity index (χ2n) is 4.26. The van der Waals surface area contributed by atoms with Gasteiger partial charge in [-0.1, -0.05) is 0 Å². The van der Waals surface area contributed by atoms with E-state index in [9.17, 15) is 0 Å². The predicted molar refractivity (Wildman–Crippen MR) is 79.5 cm³/mol. The van der Waals surface area contributed by atoms with Crippen LogP contribution in [0.15, 0.2) is 29.0 Å². The van der Waals surface area contributed by atoms with E-state index in [2.05, 4.69) is 31.2 Å². The van der Waals surface area contributed by atoms with Gasteiger partial charge in [-0.05, 0) is 28.1 Å². The molecule has 104 valence electrons. The molecule has 1 aliphatic heterocycles. The van der Waals surface area contributed by atoms with E-state index in [4.69, 9.17) is 15.2 Å². The van der Waals surface area contributed by atoms with Crippen molar-refractivity contribution in [3.63, 3.8) is 0 Å². The molecule has 7 heteroatoms. The quantitative estimate of drug-likeness (QED) is 0.877. The summed E-state index contributed by atoms with van der Waals surface area (Å²) in [6.45, 7) is 1.33. The van der Waals surface area contributed by atoms with E-state index >= 15 is 0 Å². The van der Waals surface area contributed by atoms with Gasteiger partial charge in [0.25, 0.3) is 0 Å². The van der Waals surface area contributed by atoms with Crippen molar-refractivity contribution in [1.82, 2.24) is 9.97 Å². The van der Waals surface area contributed by atoms with Crippen molar-refractivity contribution in [3.05, 3.63) is 29.0 Å². The van der Waals surface area contributed by atoms with Crippen LogP contribution in [0.1, 0.15) is 6.42 Å². The molecule has 0 aliphatic carbocycles. The average molecular weight is 337 g/mol. The van der Waals surface area contributed by atoms with Crippen molar-refractivity contribution in [2.45, 2.75) is 6.42 Å². The first-order chi connectivity index (χ1) is 9.74. The summed E-state index contributed by atoms with van der Waals surface area (Å²) in [7, 11) is 0. The molecular formula is C13H13BrN4O2. The number of nitrogen functional groups attached to an aromatic ring is 1. The molecule has 0 spiro atoms. The number of nitrogens with two attached hydrogens (primary N) is 1. The fourth-order valence-electron chi connectivity index (χ4n) is 1.85. The predicted octanol–water partition coefficient (Wildman–Crippen LogP) is 2.73. The summed E-state index contributed by atoms with van der Waals surface area (Å²) in [5.74, 6) is 2.48. The highest BCUT2D eigenvalue weighted by Crippen LogP contribution is 2.34. The number of rotatable bonds is 2. The lowest BCUT2D eigenvalue weighted by Gasteiger charge is -2.11. The SMILES string of the molecule is Nc1ncnc(Nc2ccc3c(c2)OCCCO3)c1Br. The lowest BCUT2D eigenvalue weighted by molar-refractivity contribution is 0.297. The fraction of sp³-hybridized carbons (Fsp3) is 0.231. The minimum atomic E-state index is 0.386. The summed E-state index contributed by atoms with van der Waals surface area (Å²) >= 11 is 3.36. The minimum Gasteiger partial charge on any atom is -0.490 e. The number of anilines is 3. The van der Waals surface area contributed by atoms with Crippen LogP contribution >= 0.6 is 15.9 Å². The molecule has 0 amide bonds. The molecule has 20 heavy (non-hydrogen) atoms. The van der Waals surface area contributed by atoms with Crippen molar-refractivity contribution in [1.29, 1.82) is 0 Å².